The number of halogens is 3. The number of para-hydroxylation sites is 1. The number of fused-ring (bicyclic) bond motifs is 3. The Morgan fingerprint density at radius 3 is 2.59 bits per heavy atom. The molecule has 216 valence electrons. The van der Waals surface area contributed by atoms with Crippen LogP contribution in [0.5, 0.6) is 0 Å². The lowest BCUT2D eigenvalue weighted by Crippen LogP contribution is -2.28. The van der Waals surface area contributed by atoms with E-state index >= 15 is 0 Å². The summed E-state index contributed by atoms with van der Waals surface area (Å²) in [5.74, 6) is 2.29. The number of H-pyrrole nitrogens is 1. The van der Waals surface area contributed by atoms with E-state index in [4.69, 9.17) is 25.5 Å². The fraction of sp³-hybridized carbons (Fsp3) is 0.379. The molecular formula is C29H29F3N4O5. The lowest BCUT2D eigenvalue weighted by atomic mass is 9.84. The third-order valence-corrected chi connectivity index (χ3v) is 7.00. The molecule has 2 fully saturated rings. The van der Waals surface area contributed by atoms with Gasteiger partial charge in [0.2, 0.25) is 5.82 Å². The zero-order chi connectivity index (χ0) is 29.6. The van der Waals surface area contributed by atoms with Crippen LogP contribution >= 0.6 is 0 Å². The first-order valence-corrected chi connectivity index (χ1v) is 13.0. The van der Waals surface area contributed by atoms with Crippen LogP contribution in [0.2, 0.25) is 0 Å². The van der Waals surface area contributed by atoms with Gasteiger partial charge >= 0.3 is 6.18 Å². The Hall–Kier alpha value is -4.37. The number of hydrogen-bond donors (Lipinski definition) is 2. The number of hydrogen-bond acceptors (Lipinski definition) is 7. The highest BCUT2D eigenvalue weighted by Gasteiger charge is 2.37. The van der Waals surface area contributed by atoms with Gasteiger partial charge in [0, 0.05) is 49.0 Å². The second-order valence-electron chi connectivity index (χ2n) is 9.71. The fourth-order valence-electron chi connectivity index (χ4n) is 5.05. The minimum Gasteiger partial charge on any atom is -0.483 e. The molecule has 12 heteroatoms. The molecule has 0 aliphatic carbocycles. The first kappa shape index (κ1) is 29.6. The summed E-state index contributed by atoms with van der Waals surface area (Å²) in [6.45, 7) is 4.64. The Morgan fingerprint density at radius 2 is 1.93 bits per heavy atom. The number of benzene rings is 1. The van der Waals surface area contributed by atoms with Gasteiger partial charge in [-0.25, -0.2) is 9.97 Å². The van der Waals surface area contributed by atoms with Gasteiger partial charge in [0.25, 0.3) is 12.0 Å². The number of terminal acetylenes is 1. The molecule has 0 radical (unpaired) electrons. The Bertz CT molecular complexity index is 1600. The lowest BCUT2D eigenvalue weighted by molar-refractivity contribution is -0.144. The first-order chi connectivity index (χ1) is 19.7. The number of nitrogens with one attached hydrogen (secondary N) is 1. The van der Waals surface area contributed by atoms with E-state index < -0.39 is 12.0 Å². The molecule has 9 nitrogen and oxygen atoms in total. The van der Waals surface area contributed by atoms with E-state index in [0.717, 1.165) is 30.4 Å². The molecule has 0 bridgehead atoms. The number of carboxylic acid groups (broad SMARTS) is 1. The van der Waals surface area contributed by atoms with Gasteiger partial charge in [0.15, 0.2) is 11.4 Å². The molecule has 6 rings (SSSR count). The molecule has 0 saturated carbocycles. The van der Waals surface area contributed by atoms with Crippen LogP contribution in [0, 0.1) is 18.3 Å². The monoisotopic (exact) mass is 570 g/mol. The maximum absolute atomic E-state index is 13.1. The highest BCUT2D eigenvalue weighted by Crippen LogP contribution is 2.37. The molecule has 1 aromatic carbocycles. The van der Waals surface area contributed by atoms with Crippen molar-refractivity contribution in [1.82, 2.24) is 15.0 Å². The largest absolute Gasteiger partial charge is 0.483 e. The number of nitrogens with zero attached hydrogens (tertiary/aromatic N) is 3. The van der Waals surface area contributed by atoms with Gasteiger partial charge in [0.1, 0.15) is 11.1 Å². The van der Waals surface area contributed by atoms with Crippen LogP contribution < -0.4 is 10.5 Å². The highest BCUT2D eigenvalue weighted by molar-refractivity contribution is 6.05. The van der Waals surface area contributed by atoms with Crippen molar-refractivity contribution in [3.63, 3.8) is 0 Å². The second-order valence-corrected chi connectivity index (χ2v) is 9.71. The molecule has 0 amide bonds. The van der Waals surface area contributed by atoms with Crippen LogP contribution in [0.15, 0.2) is 45.7 Å². The molecule has 3 aromatic heterocycles. The molecule has 4 aromatic rings. The molecule has 2 aliphatic heterocycles. The summed E-state index contributed by atoms with van der Waals surface area (Å²) in [6.07, 6.45) is 5.10. The molecule has 5 heterocycles. The Labute approximate surface area is 233 Å². The number of aromatic amines is 1. The van der Waals surface area contributed by atoms with Gasteiger partial charge in [-0.05, 0) is 49.3 Å². The van der Waals surface area contributed by atoms with E-state index in [1.54, 1.807) is 30.5 Å². The van der Waals surface area contributed by atoms with E-state index in [-0.39, 0.29) is 29.3 Å². The SMILES string of the molecule is C#Cc1c[nH]c(=O)c(C2CCOC[C@@H]2C)c1.FC(F)(F)c1nc(N2CCCC2)c2oc3ccccc3c2n1.O=CO. The van der Waals surface area contributed by atoms with Gasteiger partial charge in [-0.1, -0.05) is 25.0 Å². The van der Waals surface area contributed by atoms with Gasteiger partial charge in [-0.15, -0.1) is 6.42 Å². The fourth-order valence-corrected chi connectivity index (χ4v) is 5.05. The molecule has 2 aliphatic rings. The first-order valence-electron chi connectivity index (χ1n) is 13.0. The van der Waals surface area contributed by atoms with Crippen LogP contribution in [-0.2, 0) is 15.7 Å². The summed E-state index contributed by atoms with van der Waals surface area (Å²) in [5, 5.41) is 7.46. The number of pyridine rings is 1. The standard InChI is InChI=1S/C15H12F3N3O.C13H15NO2.CH2O2/c16-15(17,18)14-19-11-9-5-1-2-6-10(9)22-12(11)13(20-14)21-7-3-4-8-21;1-3-10-6-12(13(15)14-7-10)11-4-5-16-8-9(11)2;2-1-3/h1-2,5-6H,3-4,7-8H2;1,6-7,9,11H,4-5,8H2,2H3,(H,14,15);1H,(H,2,3)/t;9-,11?;/m.0./s1. The van der Waals surface area contributed by atoms with E-state index in [1.165, 1.54) is 0 Å². The average molecular weight is 571 g/mol. The van der Waals surface area contributed by atoms with Gasteiger partial charge < -0.3 is 24.1 Å². The summed E-state index contributed by atoms with van der Waals surface area (Å²) >= 11 is 0. The second kappa shape index (κ2) is 12.9. The van der Waals surface area contributed by atoms with E-state index in [9.17, 15) is 18.0 Å². The molecule has 41 heavy (non-hydrogen) atoms. The molecule has 2 saturated heterocycles. The maximum Gasteiger partial charge on any atom is 0.451 e. The number of ether oxygens (including phenoxy) is 1. The Morgan fingerprint density at radius 1 is 1.22 bits per heavy atom. The molecule has 1 unspecified atom stereocenters. The predicted octanol–water partition coefficient (Wildman–Crippen LogP) is 5.19. The smallest absolute Gasteiger partial charge is 0.451 e. The van der Waals surface area contributed by atoms with Crippen molar-refractivity contribution in [3.8, 4) is 12.3 Å². The van der Waals surface area contributed by atoms with E-state index in [1.807, 2.05) is 11.0 Å². The minimum atomic E-state index is -4.58. The predicted molar refractivity (Wildman–Crippen MR) is 147 cm³/mol. The van der Waals surface area contributed by atoms with Crippen molar-refractivity contribution in [3.05, 3.63) is 63.8 Å². The van der Waals surface area contributed by atoms with Crippen molar-refractivity contribution in [2.45, 2.75) is 38.3 Å². The van der Waals surface area contributed by atoms with Crippen LogP contribution in [0.25, 0.3) is 22.1 Å². The Kier molecular flexibility index (Phi) is 9.29. The quantitative estimate of drug-likeness (QED) is 0.249. The normalized spacial score (nSPS) is 18.7. The van der Waals surface area contributed by atoms with Crippen molar-refractivity contribution in [2.24, 2.45) is 5.92 Å². The Balaban J connectivity index is 0.000000180. The van der Waals surface area contributed by atoms with E-state index in [2.05, 4.69) is 27.8 Å². The molecule has 0 spiro atoms. The van der Waals surface area contributed by atoms with Gasteiger partial charge in [-0.2, -0.15) is 13.2 Å². The summed E-state index contributed by atoms with van der Waals surface area (Å²) in [5.41, 5.74) is 2.57. The van der Waals surface area contributed by atoms with Gasteiger partial charge in [-0.3, -0.25) is 9.59 Å². The van der Waals surface area contributed by atoms with Crippen LogP contribution in [0.4, 0.5) is 19.0 Å². The third-order valence-electron chi connectivity index (χ3n) is 7.00. The van der Waals surface area contributed by atoms with Crippen LogP contribution in [0.1, 0.15) is 49.1 Å². The zero-order valence-electron chi connectivity index (χ0n) is 22.3. The summed E-state index contributed by atoms with van der Waals surface area (Å²) < 4.78 is 50.5. The number of aromatic nitrogens is 3. The molecule has 2 N–H and O–H groups in total. The minimum absolute atomic E-state index is 0.0299. The summed E-state index contributed by atoms with van der Waals surface area (Å²) in [4.78, 5) is 32.1. The van der Waals surface area contributed by atoms with Crippen molar-refractivity contribution < 1.29 is 32.2 Å². The number of furan rings is 1. The summed E-state index contributed by atoms with van der Waals surface area (Å²) in [6, 6.07) is 8.78. The number of anilines is 1. The lowest BCUT2D eigenvalue weighted by Gasteiger charge is -2.28. The number of carbonyl (C=O) groups is 1. The van der Waals surface area contributed by atoms with Crippen LogP contribution in [-0.4, -0.2) is 52.8 Å². The maximum atomic E-state index is 13.1. The molecular weight excluding hydrogens is 541 g/mol. The van der Waals surface area contributed by atoms with Gasteiger partial charge in [0.05, 0.1) is 0 Å². The van der Waals surface area contributed by atoms with Crippen molar-refractivity contribution >= 4 is 34.4 Å². The van der Waals surface area contributed by atoms with Crippen molar-refractivity contribution in [1.29, 1.82) is 0 Å². The summed E-state index contributed by atoms with van der Waals surface area (Å²) in [7, 11) is 0. The van der Waals surface area contributed by atoms with E-state index in [0.29, 0.717) is 48.8 Å². The third kappa shape index (κ3) is 6.69. The highest BCUT2D eigenvalue weighted by atomic mass is 19.4. The molecule has 2 atom stereocenters. The van der Waals surface area contributed by atoms with Crippen LogP contribution in [0.3, 0.4) is 0 Å². The van der Waals surface area contributed by atoms with Crippen molar-refractivity contribution in [2.75, 3.05) is 31.2 Å². The number of rotatable bonds is 2. The zero-order valence-corrected chi connectivity index (χ0v) is 22.3. The topological polar surface area (TPSA) is 122 Å². The number of alkyl halides is 3. The average Bonchev–Trinajstić information content (AvgIpc) is 3.62.